The standard InChI is InChI=1S/C21H25NO3/c1-4-9-21(3,5-2)12-17-19(20(23)24)16(13-22-17)14-6-7-18-15(11-14)8-10-25-18/h2,4,6-7,9,11,16-17,19,22H,8,10,12-13H2,1,3H3,(H,23,24)/b9-4+/t16?,17?,19-,21+/m1/s1. The predicted molar refractivity (Wildman–Crippen MR) is 97.7 cm³/mol. The van der Waals surface area contributed by atoms with E-state index in [4.69, 9.17) is 11.2 Å². The maximum atomic E-state index is 12.0. The summed E-state index contributed by atoms with van der Waals surface area (Å²) in [6.07, 6.45) is 11.1. The molecular weight excluding hydrogens is 314 g/mol. The summed E-state index contributed by atoms with van der Waals surface area (Å²) in [6.45, 7) is 5.27. The zero-order valence-corrected chi connectivity index (χ0v) is 14.8. The Labute approximate surface area is 149 Å². The molecule has 2 heterocycles. The smallest absolute Gasteiger partial charge is 0.308 e. The number of carboxylic acid groups (broad SMARTS) is 1. The Morgan fingerprint density at radius 1 is 1.56 bits per heavy atom. The number of allylic oxidation sites excluding steroid dienone is 2. The van der Waals surface area contributed by atoms with Crippen LogP contribution in [0.25, 0.3) is 0 Å². The van der Waals surface area contributed by atoms with Crippen LogP contribution < -0.4 is 10.1 Å². The first kappa shape index (κ1) is 17.6. The molecule has 1 fully saturated rings. The van der Waals surface area contributed by atoms with Gasteiger partial charge >= 0.3 is 5.97 Å². The van der Waals surface area contributed by atoms with E-state index in [1.54, 1.807) is 0 Å². The summed E-state index contributed by atoms with van der Waals surface area (Å²) in [5.74, 6) is 2.43. The Bertz CT molecular complexity index is 733. The molecule has 0 aromatic heterocycles. The summed E-state index contributed by atoms with van der Waals surface area (Å²) < 4.78 is 5.56. The number of aliphatic carboxylic acids is 1. The number of carboxylic acids is 1. The summed E-state index contributed by atoms with van der Waals surface area (Å²) in [4.78, 5) is 12.0. The number of nitrogens with one attached hydrogen (secondary N) is 1. The van der Waals surface area contributed by atoms with E-state index in [-0.39, 0.29) is 12.0 Å². The fourth-order valence-corrected chi connectivity index (χ4v) is 4.12. The molecule has 2 unspecified atom stereocenters. The molecule has 132 valence electrons. The SMILES string of the molecule is C#C[C@@](C)(/C=C/C)CC1NCC(c2ccc3c(c2)CCO3)[C@H]1C(=O)O. The van der Waals surface area contributed by atoms with Gasteiger partial charge in [0.15, 0.2) is 0 Å². The van der Waals surface area contributed by atoms with E-state index in [9.17, 15) is 9.90 Å². The minimum atomic E-state index is -0.767. The lowest BCUT2D eigenvalue weighted by atomic mass is 9.77. The molecule has 25 heavy (non-hydrogen) atoms. The van der Waals surface area contributed by atoms with Gasteiger partial charge in [-0.2, -0.15) is 0 Å². The molecule has 4 heteroatoms. The minimum Gasteiger partial charge on any atom is -0.493 e. The van der Waals surface area contributed by atoms with E-state index in [0.717, 1.165) is 17.7 Å². The topological polar surface area (TPSA) is 58.6 Å². The zero-order valence-electron chi connectivity index (χ0n) is 14.8. The van der Waals surface area contributed by atoms with Crippen LogP contribution in [0.15, 0.2) is 30.4 Å². The van der Waals surface area contributed by atoms with Crippen LogP contribution >= 0.6 is 0 Å². The average molecular weight is 339 g/mol. The summed E-state index contributed by atoms with van der Waals surface area (Å²) in [5.41, 5.74) is 1.80. The van der Waals surface area contributed by atoms with Gasteiger partial charge in [-0.15, -0.1) is 6.42 Å². The van der Waals surface area contributed by atoms with Gasteiger partial charge in [0.05, 0.1) is 12.5 Å². The first-order chi connectivity index (χ1) is 12.0. The van der Waals surface area contributed by atoms with Crippen molar-refractivity contribution < 1.29 is 14.6 Å². The van der Waals surface area contributed by atoms with E-state index >= 15 is 0 Å². The second kappa shape index (κ2) is 6.93. The van der Waals surface area contributed by atoms with Gasteiger partial charge in [0, 0.05) is 30.3 Å². The molecule has 2 aliphatic rings. The van der Waals surface area contributed by atoms with Crippen LogP contribution in [0.2, 0.25) is 0 Å². The van der Waals surface area contributed by atoms with Gasteiger partial charge in [-0.1, -0.05) is 30.2 Å². The Hall–Kier alpha value is -2.25. The van der Waals surface area contributed by atoms with E-state index < -0.39 is 17.3 Å². The van der Waals surface area contributed by atoms with Gasteiger partial charge in [0.25, 0.3) is 0 Å². The van der Waals surface area contributed by atoms with Crippen LogP contribution in [0, 0.1) is 23.7 Å². The number of hydrogen-bond acceptors (Lipinski definition) is 3. The van der Waals surface area contributed by atoms with Crippen molar-refractivity contribution >= 4 is 5.97 Å². The van der Waals surface area contributed by atoms with Crippen molar-refractivity contribution in [1.82, 2.24) is 5.32 Å². The molecule has 2 N–H and O–H groups in total. The minimum absolute atomic E-state index is 0.0546. The number of benzene rings is 1. The Morgan fingerprint density at radius 3 is 3.04 bits per heavy atom. The third-order valence-electron chi connectivity index (χ3n) is 5.40. The third-order valence-corrected chi connectivity index (χ3v) is 5.40. The molecule has 0 saturated carbocycles. The highest BCUT2D eigenvalue weighted by atomic mass is 16.5. The van der Waals surface area contributed by atoms with E-state index in [1.165, 1.54) is 5.56 Å². The number of terminal acetylenes is 1. The highest BCUT2D eigenvalue weighted by Crippen LogP contribution is 2.39. The quantitative estimate of drug-likeness (QED) is 0.640. The zero-order chi connectivity index (χ0) is 18.0. The van der Waals surface area contributed by atoms with Crippen LogP contribution in [0.3, 0.4) is 0 Å². The van der Waals surface area contributed by atoms with Crippen LogP contribution in [-0.2, 0) is 11.2 Å². The number of ether oxygens (including phenoxy) is 1. The van der Waals surface area contributed by atoms with Crippen molar-refractivity contribution in [3.05, 3.63) is 41.5 Å². The molecule has 0 radical (unpaired) electrons. The lowest BCUT2D eigenvalue weighted by Crippen LogP contribution is -2.36. The molecule has 1 aromatic carbocycles. The molecule has 0 aliphatic carbocycles. The molecule has 1 aromatic rings. The lowest BCUT2D eigenvalue weighted by molar-refractivity contribution is -0.142. The number of hydrogen-bond donors (Lipinski definition) is 2. The monoisotopic (exact) mass is 339 g/mol. The first-order valence-corrected chi connectivity index (χ1v) is 8.81. The normalized spacial score (nSPS) is 27.5. The van der Waals surface area contributed by atoms with Crippen molar-refractivity contribution in [3.63, 3.8) is 0 Å². The lowest BCUT2D eigenvalue weighted by Gasteiger charge is -2.27. The van der Waals surface area contributed by atoms with Crippen LogP contribution in [0.4, 0.5) is 0 Å². The summed E-state index contributed by atoms with van der Waals surface area (Å²) >= 11 is 0. The third kappa shape index (κ3) is 3.43. The van der Waals surface area contributed by atoms with Crippen LogP contribution in [-0.4, -0.2) is 30.3 Å². The van der Waals surface area contributed by atoms with Crippen LogP contribution in [0.1, 0.15) is 37.3 Å². The molecule has 0 amide bonds. The van der Waals surface area contributed by atoms with E-state index in [0.29, 0.717) is 19.6 Å². The summed E-state index contributed by atoms with van der Waals surface area (Å²) in [6, 6.07) is 5.93. The second-order valence-corrected chi connectivity index (χ2v) is 7.22. The van der Waals surface area contributed by atoms with Gasteiger partial charge in [-0.25, -0.2) is 0 Å². The molecule has 1 saturated heterocycles. The summed E-state index contributed by atoms with van der Waals surface area (Å²) in [7, 11) is 0. The highest BCUT2D eigenvalue weighted by molar-refractivity contribution is 5.73. The molecule has 3 rings (SSSR count). The van der Waals surface area contributed by atoms with Gasteiger partial charge in [0.1, 0.15) is 5.75 Å². The van der Waals surface area contributed by atoms with Crippen LogP contribution in [0.5, 0.6) is 5.75 Å². The summed E-state index contributed by atoms with van der Waals surface area (Å²) in [5, 5.41) is 13.3. The fraction of sp³-hybridized carbons (Fsp3) is 0.476. The second-order valence-electron chi connectivity index (χ2n) is 7.22. The van der Waals surface area contributed by atoms with E-state index in [1.807, 2.05) is 38.1 Å². The first-order valence-electron chi connectivity index (χ1n) is 8.81. The van der Waals surface area contributed by atoms with Crippen molar-refractivity contribution in [2.75, 3.05) is 13.2 Å². The van der Waals surface area contributed by atoms with Crippen molar-refractivity contribution in [2.24, 2.45) is 11.3 Å². The van der Waals surface area contributed by atoms with Crippen molar-refractivity contribution in [3.8, 4) is 18.1 Å². The molecule has 4 nitrogen and oxygen atoms in total. The number of fused-ring (bicyclic) bond motifs is 1. The van der Waals surface area contributed by atoms with Crippen molar-refractivity contribution in [1.29, 1.82) is 0 Å². The number of rotatable bonds is 5. The average Bonchev–Trinajstić information content (AvgIpc) is 3.20. The number of carbonyl (C=O) groups is 1. The van der Waals surface area contributed by atoms with Crippen molar-refractivity contribution in [2.45, 2.75) is 38.6 Å². The van der Waals surface area contributed by atoms with Gasteiger partial charge in [0.2, 0.25) is 0 Å². The molecule has 0 spiro atoms. The van der Waals surface area contributed by atoms with Gasteiger partial charge < -0.3 is 15.2 Å². The maximum Gasteiger partial charge on any atom is 0.308 e. The predicted octanol–water partition coefficient (Wildman–Crippen LogP) is 2.98. The maximum absolute atomic E-state index is 12.0. The Balaban J connectivity index is 1.85. The molecular formula is C21H25NO3. The largest absolute Gasteiger partial charge is 0.493 e. The Kier molecular flexibility index (Phi) is 4.87. The Morgan fingerprint density at radius 2 is 2.36 bits per heavy atom. The fourth-order valence-electron chi connectivity index (χ4n) is 4.12. The molecule has 4 atom stereocenters. The van der Waals surface area contributed by atoms with Gasteiger partial charge in [-0.05, 0) is 37.5 Å². The van der Waals surface area contributed by atoms with E-state index in [2.05, 4.69) is 17.3 Å². The molecule has 2 aliphatic heterocycles. The highest BCUT2D eigenvalue weighted by Gasteiger charge is 2.44. The van der Waals surface area contributed by atoms with Gasteiger partial charge in [-0.3, -0.25) is 4.79 Å². The molecule has 0 bridgehead atoms.